The van der Waals surface area contributed by atoms with Crippen molar-refractivity contribution in [2.24, 2.45) is 0 Å². The summed E-state index contributed by atoms with van der Waals surface area (Å²) in [5, 5.41) is 0. The molecule has 0 atom stereocenters. The van der Waals surface area contributed by atoms with E-state index in [0.717, 1.165) is 22.3 Å². The van der Waals surface area contributed by atoms with Crippen LogP contribution in [0.4, 0.5) is 0 Å². The van der Waals surface area contributed by atoms with Crippen molar-refractivity contribution in [2.45, 2.75) is 0 Å². The normalized spacial score (nSPS) is 10.8. The van der Waals surface area contributed by atoms with E-state index in [2.05, 4.69) is 158 Å². The second-order valence-electron chi connectivity index (χ2n) is 8.83. The highest BCUT2D eigenvalue weighted by Gasteiger charge is 2.23. The molecule has 0 aromatic heterocycles. The van der Waals surface area contributed by atoms with E-state index in [-0.39, 0.29) is 0 Å². The van der Waals surface area contributed by atoms with E-state index in [1.165, 1.54) is 33.4 Å². The smallest absolute Gasteiger partial charge is 0.0000936 e. The van der Waals surface area contributed by atoms with Gasteiger partial charge < -0.3 is 0 Å². The van der Waals surface area contributed by atoms with Crippen LogP contribution in [0.3, 0.4) is 0 Å². The molecular weight excluding hydrogens is 432 g/mol. The predicted molar refractivity (Wildman–Crippen MR) is 152 cm³/mol. The molecule has 1 radical (unpaired) electrons. The second-order valence-corrected chi connectivity index (χ2v) is 8.83. The van der Waals surface area contributed by atoms with E-state index in [0.29, 0.717) is 0 Å². The lowest BCUT2D eigenvalue weighted by molar-refractivity contribution is 1.52. The average molecular weight is 458 g/mol. The third kappa shape index (κ3) is 4.15. The Kier molecular flexibility index (Phi) is 6.00. The van der Waals surface area contributed by atoms with Crippen molar-refractivity contribution in [1.82, 2.24) is 0 Å². The van der Waals surface area contributed by atoms with E-state index in [9.17, 15) is 0 Å². The van der Waals surface area contributed by atoms with Crippen LogP contribution in [0.15, 0.2) is 152 Å². The minimum absolute atomic E-state index is 1.11. The van der Waals surface area contributed by atoms with E-state index < -0.39 is 0 Å². The van der Waals surface area contributed by atoms with Crippen molar-refractivity contribution < 1.29 is 0 Å². The minimum Gasteiger partial charge on any atom is -0.0622 e. The van der Waals surface area contributed by atoms with Gasteiger partial charge in [-0.25, -0.2) is 0 Å². The summed E-state index contributed by atoms with van der Waals surface area (Å²) >= 11 is 0. The first-order valence-electron chi connectivity index (χ1n) is 12.3. The van der Waals surface area contributed by atoms with Gasteiger partial charge in [0.05, 0.1) is 0 Å². The van der Waals surface area contributed by atoms with Gasteiger partial charge in [0.2, 0.25) is 0 Å². The first-order chi connectivity index (χ1) is 17.9. The summed E-state index contributed by atoms with van der Waals surface area (Å²) in [6, 6.07) is 57.4. The average Bonchev–Trinajstić information content (AvgIpc) is 2.98. The second kappa shape index (κ2) is 9.90. The Morgan fingerprint density at radius 2 is 0.500 bits per heavy atom. The maximum atomic E-state index is 3.92. The molecule has 6 rings (SSSR count). The molecule has 0 N–H and O–H groups in total. The van der Waals surface area contributed by atoms with Crippen molar-refractivity contribution in [2.75, 3.05) is 0 Å². The standard InChI is InChI=1S/C36H25/c1-6-16-27(17-7-1)32-26-33(28-18-8-2-9-19-28)35(30-22-12-4-13-23-30)36(31-24-14-5-15-25-31)34(32)29-20-10-3-11-21-29/h1-25H. The summed E-state index contributed by atoms with van der Waals surface area (Å²) in [5.74, 6) is 0. The number of benzene rings is 6. The van der Waals surface area contributed by atoms with E-state index in [1.54, 1.807) is 0 Å². The maximum Gasteiger partial charge on any atom is -0.0000936 e. The fourth-order valence-electron chi connectivity index (χ4n) is 4.95. The number of rotatable bonds is 5. The Labute approximate surface area is 213 Å². The molecule has 0 bridgehead atoms. The molecule has 0 fully saturated rings. The molecule has 0 heterocycles. The lowest BCUT2D eigenvalue weighted by Gasteiger charge is -2.24. The lowest BCUT2D eigenvalue weighted by atomic mass is 9.79. The Hall–Kier alpha value is -4.68. The Bertz CT molecular complexity index is 1470. The van der Waals surface area contributed by atoms with Crippen LogP contribution in [-0.4, -0.2) is 0 Å². The molecule has 6 aromatic carbocycles. The fourth-order valence-corrected chi connectivity index (χ4v) is 4.95. The third-order valence-corrected chi connectivity index (χ3v) is 6.56. The quantitative estimate of drug-likeness (QED) is 0.242. The summed E-state index contributed by atoms with van der Waals surface area (Å²) in [5.41, 5.74) is 11.7. The third-order valence-electron chi connectivity index (χ3n) is 6.56. The molecule has 0 saturated carbocycles. The van der Waals surface area contributed by atoms with Crippen molar-refractivity contribution in [3.63, 3.8) is 0 Å². The molecule has 0 amide bonds. The van der Waals surface area contributed by atoms with Gasteiger partial charge in [-0.1, -0.05) is 152 Å². The van der Waals surface area contributed by atoms with E-state index in [1.807, 2.05) is 0 Å². The molecule has 36 heavy (non-hydrogen) atoms. The Balaban J connectivity index is 1.84. The first kappa shape index (κ1) is 21.8. The summed E-state index contributed by atoms with van der Waals surface area (Å²) in [4.78, 5) is 0. The zero-order chi connectivity index (χ0) is 24.2. The van der Waals surface area contributed by atoms with E-state index in [4.69, 9.17) is 0 Å². The highest BCUT2D eigenvalue weighted by atomic mass is 14.3. The number of hydrogen-bond acceptors (Lipinski definition) is 0. The van der Waals surface area contributed by atoms with Gasteiger partial charge in [0.15, 0.2) is 0 Å². The summed E-state index contributed by atoms with van der Waals surface area (Å²) in [6.45, 7) is 0. The van der Waals surface area contributed by atoms with Crippen molar-refractivity contribution in [1.29, 1.82) is 0 Å². The monoisotopic (exact) mass is 457 g/mol. The summed E-state index contributed by atoms with van der Waals surface area (Å²) in [6.07, 6.45) is 0. The van der Waals surface area contributed by atoms with Crippen LogP contribution in [0, 0.1) is 6.07 Å². The Morgan fingerprint density at radius 1 is 0.250 bits per heavy atom. The molecule has 0 saturated heterocycles. The Morgan fingerprint density at radius 3 is 0.806 bits per heavy atom. The zero-order valence-electron chi connectivity index (χ0n) is 19.9. The number of hydrogen-bond donors (Lipinski definition) is 0. The lowest BCUT2D eigenvalue weighted by Crippen LogP contribution is -1.98. The topological polar surface area (TPSA) is 0 Å². The fraction of sp³-hybridized carbons (Fsp3) is 0. The van der Waals surface area contributed by atoms with Gasteiger partial charge >= 0.3 is 0 Å². The largest absolute Gasteiger partial charge is 0.0622 e. The minimum atomic E-state index is 1.11. The zero-order valence-corrected chi connectivity index (χ0v) is 19.9. The van der Waals surface area contributed by atoms with E-state index >= 15 is 0 Å². The highest BCUT2D eigenvalue weighted by molar-refractivity contribution is 6.06. The van der Waals surface area contributed by atoms with Crippen LogP contribution in [0.2, 0.25) is 0 Å². The molecule has 0 heteroatoms. The first-order valence-corrected chi connectivity index (χ1v) is 12.3. The predicted octanol–water partition coefficient (Wildman–Crippen LogP) is 9.82. The van der Waals surface area contributed by atoms with Crippen LogP contribution < -0.4 is 0 Å². The molecule has 0 aliphatic heterocycles. The van der Waals surface area contributed by atoms with Gasteiger partial charge in [0.25, 0.3) is 0 Å². The molecule has 0 nitrogen and oxygen atoms in total. The van der Waals surface area contributed by atoms with Crippen LogP contribution in [-0.2, 0) is 0 Å². The van der Waals surface area contributed by atoms with Crippen LogP contribution in [0.5, 0.6) is 0 Å². The van der Waals surface area contributed by atoms with Gasteiger partial charge in [-0.05, 0) is 61.7 Å². The van der Waals surface area contributed by atoms with Gasteiger partial charge in [-0.3, -0.25) is 0 Å². The summed E-state index contributed by atoms with van der Waals surface area (Å²) in [7, 11) is 0. The van der Waals surface area contributed by atoms with Crippen LogP contribution in [0.1, 0.15) is 0 Å². The van der Waals surface area contributed by atoms with Crippen molar-refractivity contribution >= 4 is 0 Å². The summed E-state index contributed by atoms with van der Waals surface area (Å²) < 4.78 is 0. The van der Waals surface area contributed by atoms with Crippen LogP contribution in [0.25, 0.3) is 55.6 Å². The highest BCUT2D eigenvalue weighted by Crippen LogP contribution is 2.49. The van der Waals surface area contributed by atoms with Gasteiger partial charge in [0.1, 0.15) is 0 Å². The van der Waals surface area contributed by atoms with Crippen molar-refractivity contribution in [3.8, 4) is 55.6 Å². The molecule has 0 spiro atoms. The molecular formula is C36H25. The molecule has 0 unspecified atom stereocenters. The van der Waals surface area contributed by atoms with Crippen LogP contribution >= 0.6 is 0 Å². The molecule has 6 aromatic rings. The molecule has 0 aliphatic carbocycles. The SMILES string of the molecule is [c]1c(-c2ccccc2)c(-c2ccccc2)c(-c2ccccc2)c(-c2ccccc2)c1-c1ccccc1. The molecule has 169 valence electrons. The van der Waals surface area contributed by atoms with Gasteiger partial charge in [0, 0.05) is 0 Å². The maximum absolute atomic E-state index is 3.92. The van der Waals surface area contributed by atoms with Crippen molar-refractivity contribution in [3.05, 3.63) is 158 Å². The van der Waals surface area contributed by atoms with Gasteiger partial charge in [-0.2, -0.15) is 0 Å². The van der Waals surface area contributed by atoms with Gasteiger partial charge in [-0.15, -0.1) is 0 Å². The molecule has 0 aliphatic rings.